The van der Waals surface area contributed by atoms with Crippen LogP contribution in [0.1, 0.15) is 23.6 Å². The molecule has 0 atom stereocenters. The Morgan fingerprint density at radius 3 is 2.37 bits per heavy atom. The van der Waals surface area contributed by atoms with Crippen molar-refractivity contribution >= 4 is 11.0 Å². The number of rotatable bonds is 5. The van der Waals surface area contributed by atoms with Crippen LogP contribution in [0.25, 0.3) is 11.0 Å². The van der Waals surface area contributed by atoms with Gasteiger partial charge in [0.15, 0.2) is 11.5 Å². The molecule has 2 N–H and O–H groups in total. The monoisotopic (exact) mass is 408 g/mol. The number of fused-ring (bicyclic) bond motifs is 2. The molecular formula is C24H28N2O4+2. The first-order chi connectivity index (χ1) is 14.7. The average molecular weight is 408 g/mol. The predicted molar refractivity (Wildman–Crippen MR) is 113 cm³/mol. The van der Waals surface area contributed by atoms with Crippen LogP contribution in [-0.2, 0) is 19.5 Å². The normalized spacial score (nSPS) is 20.6. The van der Waals surface area contributed by atoms with E-state index in [2.05, 4.69) is 25.1 Å². The van der Waals surface area contributed by atoms with Crippen molar-refractivity contribution in [1.82, 2.24) is 0 Å². The number of benzene rings is 2. The molecule has 156 valence electrons. The maximum Gasteiger partial charge on any atom is 0.336 e. The van der Waals surface area contributed by atoms with Crippen LogP contribution in [-0.4, -0.2) is 33.0 Å². The van der Waals surface area contributed by atoms with Crippen LogP contribution in [0.15, 0.2) is 51.7 Å². The van der Waals surface area contributed by atoms with Crippen molar-refractivity contribution in [2.75, 3.05) is 33.0 Å². The second-order valence-corrected chi connectivity index (χ2v) is 8.32. The fraction of sp³-hybridized carbons (Fsp3) is 0.375. The second kappa shape index (κ2) is 8.13. The van der Waals surface area contributed by atoms with E-state index < -0.39 is 0 Å². The van der Waals surface area contributed by atoms with E-state index in [0.717, 1.165) is 68.1 Å². The van der Waals surface area contributed by atoms with Crippen LogP contribution < -0.4 is 24.9 Å². The lowest BCUT2D eigenvalue weighted by Crippen LogP contribution is -3.27. The molecule has 0 unspecified atom stereocenters. The summed E-state index contributed by atoms with van der Waals surface area (Å²) in [7, 11) is 0. The highest BCUT2D eigenvalue weighted by molar-refractivity contribution is 5.80. The van der Waals surface area contributed by atoms with Crippen LogP contribution in [0.5, 0.6) is 11.5 Å². The number of piperazine rings is 1. The van der Waals surface area contributed by atoms with Gasteiger partial charge in [-0.05, 0) is 42.3 Å². The standard InChI is InChI=1S/C24H26N2O4/c1-2-17-3-5-21-20(11-17)19(13-24(27)30-21)15-26-9-7-25(8-10-26)14-18-4-6-22-23(12-18)29-16-28-22/h3-6,11-13H,2,7-10,14-16H2,1H3/p+2. The van der Waals surface area contributed by atoms with E-state index in [1.54, 1.807) is 11.0 Å². The fourth-order valence-corrected chi connectivity index (χ4v) is 4.56. The highest BCUT2D eigenvalue weighted by Gasteiger charge is 2.25. The van der Waals surface area contributed by atoms with Gasteiger partial charge in [-0.3, -0.25) is 0 Å². The molecule has 1 aromatic heterocycles. The summed E-state index contributed by atoms with van der Waals surface area (Å²) in [5.74, 6) is 1.70. The number of hydrogen-bond acceptors (Lipinski definition) is 4. The zero-order valence-electron chi connectivity index (χ0n) is 17.3. The molecule has 6 nitrogen and oxygen atoms in total. The third-order valence-corrected chi connectivity index (χ3v) is 6.30. The summed E-state index contributed by atoms with van der Waals surface area (Å²) in [6, 6.07) is 14.1. The largest absolute Gasteiger partial charge is 0.454 e. The molecule has 1 saturated heterocycles. The van der Waals surface area contributed by atoms with E-state index in [4.69, 9.17) is 13.9 Å². The highest BCUT2D eigenvalue weighted by atomic mass is 16.7. The highest BCUT2D eigenvalue weighted by Crippen LogP contribution is 2.32. The van der Waals surface area contributed by atoms with E-state index in [1.165, 1.54) is 16.0 Å². The molecular weight excluding hydrogens is 380 g/mol. The smallest absolute Gasteiger partial charge is 0.336 e. The minimum atomic E-state index is -0.256. The molecule has 2 aliphatic heterocycles. The molecule has 0 aliphatic carbocycles. The molecule has 0 amide bonds. The van der Waals surface area contributed by atoms with Crippen molar-refractivity contribution in [1.29, 1.82) is 0 Å². The molecule has 1 fully saturated rings. The number of ether oxygens (including phenoxy) is 2. The lowest BCUT2D eigenvalue weighted by atomic mass is 10.0. The molecule has 0 saturated carbocycles. The van der Waals surface area contributed by atoms with Gasteiger partial charge in [0.05, 0.1) is 0 Å². The van der Waals surface area contributed by atoms with E-state index >= 15 is 0 Å². The summed E-state index contributed by atoms with van der Waals surface area (Å²) in [4.78, 5) is 15.1. The summed E-state index contributed by atoms with van der Waals surface area (Å²) < 4.78 is 16.3. The third-order valence-electron chi connectivity index (χ3n) is 6.30. The lowest BCUT2D eigenvalue weighted by molar-refractivity contribution is -1.02. The Balaban J connectivity index is 1.25. The molecule has 0 bridgehead atoms. The zero-order chi connectivity index (χ0) is 20.5. The van der Waals surface area contributed by atoms with Gasteiger partial charge in [0, 0.05) is 22.6 Å². The minimum Gasteiger partial charge on any atom is -0.454 e. The first-order valence-corrected chi connectivity index (χ1v) is 10.8. The van der Waals surface area contributed by atoms with Gasteiger partial charge in [-0.15, -0.1) is 0 Å². The van der Waals surface area contributed by atoms with Gasteiger partial charge in [-0.2, -0.15) is 0 Å². The quantitative estimate of drug-likeness (QED) is 0.606. The SMILES string of the molecule is CCc1ccc2oc(=O)cc(C[NH+]3CC[NH+](Cc4ccc5c(c4)OCO5)CC3)c2c1. The van der Waals surface area contributed by atoms with E-state index in [0.29, 0.717) is 12.4 Å². The van der Waals surface area contributed by atoms with E-state index in [-0.39, 0.29) is 5.63 Å². The van der Waals surface area contributed by atoms with Gasteiger partial charge < -0.3 is 23.7 Å². The maximum absolute atomic E-state index is 12.0. The first-order valence-electron chi connectivity index (χ1n) is 10.8. The van der Waals surface area contributed by atoms with Gasteiger partial charge in [0.1, 0.15) is 44.9 Å². The van der Waals surface area contributed by atoms with Crippen LogP contribution in [0.3, 0.4) is 0 Å². The molecule has 2 aromatic carbocycles. The van der Waals surface area contributed by atoms with Gasteiger partial charge in [-0.25, -0.2) is 4.79 Å². The topological polar surface area (TPSA) is 57.5 Å². The van der Waals surface area contributed by atoms with Gasteiger partial charge in [-0.1, -0.05) is 13.0 Å². The van der Waals surface area contributed by atoms with Gasteiger partial charge >= 0.3 is 5.63 Å². The molecule has 2 aliphatic rings. The Morgan fingerprint density at radius 2 is 1.57 bits per heavy atom. The van der Waals surface area contributed by atoms with Crippen molar-refractivity contribution < 1.29 is 23.7 Å². The lowest BCUT2D eigenvalue weighted by Gasteiger charge is -2.30. The Hall–Kier alpha value is -2.83. The summed E-state index contributed by atoms with van der Waals surface area (Å²) in [6.45, 7) is 8.75. The number of aryl methyl sites for hydroxylation is 1. The molecule has 5 rings (SSSR count). The van der Waals surface area contributed by atoms with E-state index in [9.17, 15) is 4.79 Å². The molecule has 6 heteroatoms. The summed E-state index contributed by atoms with van der Waals surface area (Å²) in [6.07, 6.45) is 0.975. The molecule has 0 radical (unpaired) electrons. The first kappa shape index (κ1) is 19.2. The Kier molecular flexibility index (Phi) is 5.19. The van der Waals surface area contributed by atoms with Crippen LogP contribution >= 0.6 is 0 Å². The minimum absolute atomic E-state index is 0.256. The van der Waals surface area contributed by atoms with Crippen LogP contribution in [0.2, 0.25) is 0 Å². The van der Waals surface area contributed by atoms with Crippen molar-refractivity contribution in [3.05, 3.63) is 69.6 Å². The predicted octanol–water partition coefficient (Wildman–Crippen LogP) is 0.568. The summed E-state index contributed by atoms with van der Waals surface area (Å²) in [5.41, 5.74) is 4.10. The Morgan fingerprint density at radius 1 is 0.833 bits per heavy atom. The summed E-state index contributed by atoms with van der Waals surface area (Å²) >= 11 is 0. The average Bonchev–Trinajstić information content (AvgIpc) is 3.23. The Bertz CT molecular complexity index is 1120. The Labute approximate surface area is 175 Å². The van der Waals surface area contributed by atoms with E-state index in [1.807, 2.05) is 18.2 Å². The molecule has 3 aromatic rings. The zero-order valence-corrected chi connectivity index (χ0v) is 17.3. The van der Waals surface area contributed by atoms with Crippen LogP contribution in [0.4, 0.5) is 0 Å². The number of quaternary nitrogens is 2. The van der Waals surface area contributed by atoms with Crippen molar-refractivity contribution in [2.24, 2.45) is 0 Å². The fourth-order valence-electron chi connectivity index (χ4n) is 4.56. The van der Waals surface area contributed by atoms with Crippen molar-refractivity contribution in [3.63, 3.8) is 0 Å². The summed E-state index contributed by atoms with van der Waals surface area (Å²) in [5, 5.41) is 1.08. The molecule has 30 heavy (non-hydrogen) atoms. The van der Waals surface area contributed by atoms with Crippen LogP contribution in [0, 0.1) is 0 Å². The third kappa shape index (κ3) is 3.93. The molecule has 0 spiro atoms. The second-order valence-electron chi connectivity index (χ2n) is 8.32. The van der Waals surface area contributed by atoms with Crippen molar-refractivity contribution in [3.8, 4) is 11.5 Å². The maximum atomic E-state index is 12.0. The number of nitrogens with one attached hydrogen (secondary N) is 2. The molecule has 3 heterocycles. The number of hydrogen-bond donors (Lipinski definition) is 2. The van der Waals surface area contributed by atoms with Crippen molar-refractivity contribution in [2.45, 2.75) is 26.4 Å². The van der Waals surface area contributed by atoms with Gasteiger partial charge in [0.25, 0.3) is 0 Å². The van der Waals surface area contributed by atoms with Gasteiger partial charge in [0.2, 0.25) is 6.79 Å².